The molecule has 1 N–H and O–H groups in total. The molecule has 4 nitrogen and oxygen atoms in total. The zero-order chi connectivity index (χ0) is 15.0. The normalized spacial score (nSPS) is 30.0. The molecule has 114 valence electrons. The molecule has 2 aliphatic rings. The molecule has 21 heavy (non-hydrogen) atoms. The van der Waals surface area contributed by atoms with E-state index >= 15 is 0 Å². The second-order valence-electron chi connectivity index (χ2n) is 5.98. The van der Waals surface area contributed by atoms with Crippen LogP contribution in [-0.4, -0.2) is 32.4 Å². The van der Waals surface area contributed by atoms with Gasteiger partial charge in [-0.05, 0) is 36.3 Å². The summed E-state index contributed by atoms with van der Waals surface area (Å²) < 4.78 is 22.8. The van der Waals surface area contributed by atoms with Crippen molar-refractivity contribution >= 4 is 27.3 Å². The summed E-state index contributed by atoms with van der Waals surface area (Å²) in [4.78, 5) is 12.1. The Kier molecular flexibility index (Phi) is 3.97. The Labute approximate surface area is 129 Å². The Balaban J connectivity index is 1.51. The number of sulfone groups is 1. The van der Waals surface area contributed by atoms with Crippen molar-refractivity contribution in [3.05, 3.63) is 34.9 Å². The molecule has 1 saturated carbocycles. The van der Waals surface area contributed by atoms with Gasteiger partial charge < -0.3 is 5.32 Å². The van der Waals surface area contributed by atoms with E-state index in [2.05, 4.69) is 5.32 Å². The third kappa shape index (κ3) is 3.40. The van der Waals surface area contributed by atoms with Gasteiger partial charge in [0, 0.05) is 17.5 Å². The van der Waals surface area contributed by atoms with E-state index in [1.54, 1.807) is 0 Å². The van der Waals surface area contributed by atoms with Gasteiger partial charge in [0.2, 0.25) is 5.91 Å². The molecule has 1 aliphatic carbocycles. The van der Waals surface area contributed by atoms with E-state index in [1.807, 2.05) is 24.3 Å². The molecule has 1 saturated heterocycles. The first-order valence-corrected chi connectivity index (χ1v) is 9.39. The van der Waals surface area contributed by atoms with Gasteiger partial charge in [-0.1, -0.05) is 29.8 Å². The molecule has 1 aromatic carbocycles. The maximum atomic E-state index is 12.1. The highest BCUT2D eigenvalue weighted by atomic mass is 35.5. The fourth-order valence-electron chi connectivity index (χ4n) is 3.01. The van der Waals surface area contributed by atoms with Crippen LogP contribution >= 0.6 is 11.6 Å². The van der Waals surface area contributed by atoms with E-state index in [0.29, 0.717) is 18.0 Å². The van der Waals surface area contributed by atoms with Crippen molar-refractivity contribution in [3.8, 4) is 0 Å². The summed E-state index contributed by atoms with van der Waals surface area (Å²) in [7, 11) is -2.88. The predicted molar refractivity (Wildman–Crippen MR) is 82.1 cm³/mol. The van der Waals surface area contributed by atoms with Crippen molar-refractivity contribution in [1.82, 2.24) is 5.32 Å². The van der Waals surface area contributed by atoms with Gasteiger partial charge in [-0.2, -0.15) is 0 Å². The average molecular weight is 328 g/mol. The van der Waals surface area contributed by atoms with Gasteiger partial charge in [-0.3, -0.25) is 4.79 Å². The van der Waals surface area contributed by atoms with Crippen molar-refractivity contribution in [3.63, 3.8) is 0 Å². The summed E-state index contributed by atoms with van der Waals surface area (Å²) in [5, 5.41) is 3.61. The molecule has 0 aromatic heterocycles. The smallest absolute Gasteiger partial charge is 0.223 e. The first-order valence-electron chi connectivity index (χ1n) is 7.19. The zero-order valence-electron chi connectivity index (χ0n) is 11.6. The number of amides is 1. The second-order valence-corrected chi connectivity index (χ2v) is 8.62. The molecule has 3 unspecified atom stereocenters. The summed E-state index contributed by atoms with van der Waals surface area (Å²) in [6.07, 6.45) is 1.47. The predicted octanol–water partition coefficient (Wildman–Crippen LogP) is 1.99. The molecule has 3 rings (SSSR count). The maximum Gasteiger partial charge on any atom is 0.223 e. The van der Waals surface area contributed by atoms with Crippen LogP contribution in [0, 0.1) is 11.8 Å². The standard InChI is InChI=1S/C15H18ClNO3S/c16-14-4-2-1-3-11(14)12-7-13(12)15(18)17-8-10-5-6-21(19,20)9-10/h1-4,10,12-13H,5-9H2,(H,17,18). The zero-order valence-corrected chi connectivity index (χ0v) is 13.2. The molecule has 0 spiro atoms. The Morgan fingerprint density at radius 2 is 2.10 bits per heavy atom. The largest absolute Gasteiger partial charge is 0.356 e. The lowest BCUT2D eigenvalue weighted by atomic mass is 10.1. The number of rotatable bonds is 4. The van der Waals surface area contributed by atoms with Crippen molar-refractivity contribution in [2.45, 2.75) is 18.8 Å². The van der Waals surface area contributed by atoms with E-state index in [0.717, 1.165) is 12.0 Å². The van der Waals surface area contributed by atoms with Crippen molar-refractivity contribution in [2.75, 3.05) is 18.1 Å². The molecule has 1 heterocycles. The van der Waals surface area contributed by atoms with Crippen LogP contribution in [0.15, 0.2) is 24.3 Å². The van der Waals surface area contributed by atoms with Crippen LogP contribution < -0.4 is 5.32 Å². The summed E-state index contributed by atoms with van der Waals surface area (Å²) in [6, 6.07) is 7.61. The van der Waals surface area contributed by atoms with Gasteiger partial charge in [0.1, 0.15) is 0 Å². The minimum atomic E-state index is -2.88. The van der Waals surface area contributed by atoms with Crippen LogP contribution in [0.3, 0.4) is 0 Å². The molecule has 2 fully saturated rings. The Morgan fingerprint density at radius 1 is 1.33 bits per heavy atom. The molecule has 0 bridgehead atoms. The fourth-order valence-corrected chi connectivity index (χ4v) is 5.15. The molecular formula is C15H18ClNO3S. The molecule has 1 aromatic rings. The number of carbonyl (C=O) groups excluding carboxylic acids is 1. The van der Waals surface area contributed by atoms with E-state index < -0.39 is 9.84 Å². The Hall–Kier alpha value is -1.07. The second kappa shape index (κ2) is 5.61. The highest BCUT2D eigenvalue weighted by molar-refractivity contribution is 7.91. The lowest BCUT2D eigenvalue weighted by Gasteiger charge is -2.09. The van der Waals surface area contributed by atoms with Gasteiger partial charge in [-0.25, -0.2) is 8.42 Å². The third-order valence-corrected chi connectivity index (χ3v) is 6.50. The van der Waals surface area contributed by atoms with Gasteiger partial charge in [0.25, 0.3) is 0 Å². The highest BCUT2D eigenvalue weighted by Gasteiger charge is 2.44. The van der Waals surface area contributed by atoms with Crippen LogP contribution in [0.25, 0.3) is 0 Å². The molecule has 0 radical (unpaired) electrons. The molecule has 1 aliphatic heterocycles. The van der Waals surface area contributed by atoms with Crippen LogP contribution in [0.2, 0.25) is 5.02 Å². The van der Waals surface area contributed by atoms with Crippen LogP contribution in [-0.2, 0) is 14.6 Å². The number of nitrogens with one attached hydrogen (secondary N) is 1. The highest BCUT2D eigenvalue weighted by Crippen LogP contribution is 2.49. The van der Waals surface area contributed by atoms with Crippen LogP contribution in [0.1, 0.15) is 24.3 Å². The number of hydrogen-bond donors (Lipinski definition) is 1. The van der Waals surface area contributed by atoms with Gasteiger partial charge in [-0.15, -0.1) is 0 Å². The minimum absolute atomic E-state index is 0.0178. The number of halogens is 1. The lowest BCUT2D eigenvalue weighted by Crippen LogP contribution is -2.31. The fraction of sp³-hybridized carbons (Fsp3) is 0.533. The Bertz CT molecular complexity index is 659. The lowest BCUT2D eigenvalue weighted by molar-refractivity contribution is -0.122. The van der Waals surface area contributed by atoms with Crippen LogP contribution in [0.4, 0.5) is 0 Å². The van der Waals surface area contributed by atoms with E-state index in [1.165, 1.54) is 0 Å². The molecular weight excluding hydrogens is 310 g/mol. The molecule has 1 amide bonds. The minimum Gasteiger partial charge on any atom is -0.356 e. The van der Waals surface area contributed by atoms with Gasteiger partial charge in [0.05, 0.1) is 11.5 Å². The first kappa shape index (κ1) is 14.9. The number of benzene rings is 1. The first-order chi connectivity index (χ1) is 9.96. The third-order valence-electron chi connectivity index (χ3n) is 4.32. The Morgan fingerprint density at radius 3 is 2.76 bits per heavy atom. The summed E-state index contributed by atoms with van der Waals surface area (Å²) >= 11 is 6.14. The summed E-state index contributed by atoms with van der Waals surface area (Å²) in [5.41, 5.74) is 1.03. The van der Waals surface area contributed by atoms with E-state index in [4.69, 9.17) is 11.6 Å². The maximum absolute atomic E-state index is 12.1. The monoisotopic (exact) mass is 327 g/mol. The van der Waals surface area contributed by atoms with Gasteiger partial charge >= 0.3 is 0 Å². The number of hydrogen-bond acceptors (Lipinski definition) is 3. The van der Waals surface area contributed by atoms with E-state index in [-0.39, 0.29) is 35.2 Å². The summed E-state index contributed by atoms with van der Waals surface area (Å²) in [5.74, 6) is 0.708. The van der Waals surface area contributed by atoms with E-state index in [9.17, 15) is 13.2 Å². The molecule has 6 heteroatoms. The quantitative estimate of drug-likeness (QED) is 0.920. The van der Waals surface area contributed by atoms with Crippen molar-refractivity contribution in [1.29, 1.82) is 0 Å². The van der Waals surface area contributed by atoms with Crippen molar-refractivity contribution < 1.29 is 13.2 Å². The SMILES string of the molecule is O=C(NCC1CCS(=O)(=O)C1)C1CC1c1ccccc1Cl. The number of carbonyl (C=O) groups is 1. The van der Waals surface area contributed by atoms with Crippen molar-refractivity contribution in [2.24, 2.45) is 11.8 Å². The van der Waals surface area contributed by atoms with Crippen LogP contribution in [0.5, 0.6) is 0 Å². The summed E-state index contributed by atoms with van der Waals surface area (Å²) in [6.45, 7) is 0.462. The average Bonchev–Trinajstić information content (AvgIpc) is 3.15. The molecule has 3 atom stereocenters. The van der Waals surface area contributed by atoms with Gasteiger partial charge in [0.15, 0.2) is 9.84 Å². The topological polar surface area (TPSA) is 63.2 Å².